The minimum atomic E-state index is -0.493. The van der Waals surface area contributed by atoms with Crippen LogP contribution in [-0.4, -0.2) is 25.5 Å². The zero-order chi connectivity index (χ0) is 11.8. The van der Waals surface area contributed by atoms with Crippen molar-refractivity contribution in [1.82, 2.24) is 0 Å². The molecule has 1 rings (SSSR count). The zero-order valence-electron chi connectivity index (χ0n) is 8.51. The Labute approximate surface area is 93.2 Å². The molecule has 0 N–H and O–H groups in total. The molecule has 0 atom stereocenters. The number of rotatable bonds is 5. The molecule has 0 aliphatic heterocycles. The van der Waals surface area contributed by atoms with Crippen LogP contribution in [0.1, 0.15) is 15.9 Å². The second kappa shape index (κ2) is 6.53. The summed E-state index contributed by atoms with van der Waals surface area (Å²) in [6.07, 6.45) is 4.56. The minimum absolute atomic E-state index is 0.0721. The Hall–Kier alpha value is -1.94. The van der Waals surface area contributed by atoms with Crippen molar-refractivity contribution in [1.29, 1.82) is 0 Å². The molecule has 0 aliphatic carbocycles. The summed E-state index contributed by atoms with van der Waals surface area (Å²) < 4.78 is 4.84. The number of hydrogen-bond donors (Lipinski definition) is 0. The van der Waals surface area contributed by atoms with Gasteiger partial charge in [-0.25, -0.2) is 9.90 Å². The summed E-state index contributed by atoms with van der Waals surface area (Å²) in [5.41, 5.74) is 0.734. The molecular weight excluding hydrogens is 208 g/mol. The number of esters is 1. The van der Waals surface area contributed by atoms with E-state index in [2.05, 4.69) is 0 Å². The van der Waals surface area contributed by atoms with Gasteiger partial charge in [-0.3, -0.25) is 4.79 Å². The topological polar surface area (TPSA) is 63.3 Å². The van der Waals surface area contributed by atoms with Gasteiger partial charge in [0.25, 0.3) is 0 Å². The lowest BCUT2D eigenvalue weighted by Gasteiger charge is -2.01. The first-order chi connectivity index (χ1) is 7.77. The van der Waals surface area contributed by atoms with Crippen molar-refractivity contribution in [3.63, 3.8) is 0 Å². The van der Waals surface area contributed by atoms with Crippen LogP contribution in [0.15, 0.2) is 36.4 Å². The summed E-state index contributed by atoms with van der Waals surface area (Å²) in [5, 5.41) is 10.1. The quantitative estimate of drug-likeness (QED) is 0.552. The Morgan fingerprint density at radius 2 is 1.94 bits per heavy atom. The first kappa shape index (κ1) is 12.1. The van der Waals surface area contributed by atoms with Gasteiger partial charge >= 0.3 is 5.97 Å². The molecule has 0 aromatic heterocycles. The molecule has 2 radical (unpaired) electrons. The van der Waals surface area contributed by atoms with E-state index in [1.165, 1.54) is 36.4 Å². The minimum Gasteiger partial charge on any atom is -0.458 e. The predicted octanol–water partition coefficient (Wildman–Crippen LogP) is 1.29. The second-order valence-corrected chi connectivity index (χ2v) is 2.92. The molecule has 1 aromatic rings. The van der Waals surface area contributed by atoms with E-state index in [0.717, 1.165) is 0 Å². The lowest BCUT2D eigenvalue weighted by Crippen LogP contribution is -2.05. The van der Waals surface area contributed by atoms with Gasteiger partial charge < -0.3 is 4.74 Å². The van der Waals surface area contributed by atoms with Gasteiger partial charge in [0.15, 0.2) is 0 Å². The number of hydrogen-bond acceptors (Lipinski definition) is 3. The van der Waals surface area contributed by atoms with E-state index in [1.807, 2.05) is 0 Å². The van der Waals surface area contributed by atoms with Gasteiger partial charge in [-0.2, -0.15) is 0 Å². The van der Waals surface area contributed by atoms with Crippen LogP contribution < -0.4 is 0 Å². The van der Waals surface area contributed by atoms with Crippen molar-refractivity contribution < 1.29 is 19.4 Å². The van der Waals surface area contributed by atoms with Crippen molar-refractivity contribution >= 4 is 12.3 Å². The van der Waals surface area contributed by atoms with Crippen LogP contribution in [0.25, 0.3) is 0 Å². The Kier molecular flexibility index (Phi) is 4.95. The molecule has 16 heavy (non-hydrogen) atoms. The van der Waals surface area contributed by atoms with Crippen molar-refractivity contribution in [2.75, 3.05) is 13.2 Å². The summed E-state index contributed by atoms with van der Waals surface area (Å²) in [4.78, 5) is 21.6. The van der Waals surface area contributed by atoms with Crippen LogP contribution in [0.5, 0.6) is 0 Å². The first-order valence-corrected chi connectivity index (χ1v) is 4.66. The maximum absolute atomic E-state index is 11.4. The average Bonchev–Trinajstić information content (AvgIpc) is 2.34. The van der Waals surface area contributed by atoms with Crippen molar-refractivity contribution in [3.8, 4) is 0 Å². The molecule has 0 heterocycles. The maximum Gasteiger partial charge on any atom is 0.338 e. The van der Waals surface area contributed by atoms with Crippen LogP contribution in [0, 0.1) is 0 Å². The monoisotopic (exact) mass is 218 g/mol. The van der Waals surface area contributed by atoms with E-state index in [4.69, 9.17) is 4.74 Å². The van der Waals surface area contributed by atoms with Gasteiger partial charge in [-0.15, -0.1) is 0 Å². The highest BCUT2D eigenvalue weighted by atomic mass is 16.5. The highest BCUT2D eigenvalue weighted by molar-refractivity contribution is 5.90. The molecule has 0 bridgehead atoms. The lowest BCUT2D eigenvalue weighted by atomic mass is 10.1. The number of ether oxygens (including phenoxy) is 1. The normalized spacial score (nSPS) is 10.3. The Balaban J connectivity index is 2.52. The number of carbonyl (C=O) groups is 1. The molecule has 4 heteroatoms. The van der Waals surface area contributed by atoms with Crippen molar-refractivity contribution in [2.45, 2.75) is 0 Å². The molecule has 4 nitrogen and oxygen atoms in total. The standard InChI is InChI=1S/C12H10O4/c13-7-1-2-8-16-12(15)11-5-3-10(9-14)4-6-11/h1-6H,7-8H2. The Bertz CT molecular complexity index is 379. The van der Waals surface area contributed by atoms with E-state index in [9.17, 15) is 14.7 Å². The van der Waals surface area contributed by atoms with Crippen LogP contribution in [-0.2, 0) is 14.6 Å². The Morgan fingerprint density at radius 1 is 1.25 bits per heavy atom. The van der Waals surface area contributed by atoms with Crippen molar-refractivity contribution in [2.24, 2.45) is 0 Å². The highest BCUT2D eigenvalue weighted by Gasteiger charge is 2.05. The lowest BCUT2D eigenvalue weighted by molar-refractivity contribution is 0.0548. The van der Waals surface area contributed by atoms with E-state index >= 15 is 0 Å². The van der Waals surface area contributed by atoms with Crippen LogP contribution in [0.4, 0.5) is 0 Å². The summed E-state index contributed by atoms with van der Waals surface area (Å²) in [6.45, 7) is -0.260. The largest absolute Gasteiger partial charge is 0.458 e. The highest BCUT2D eigenvalue weighted by Crippen LogP contribution is 2.04. The predicted molar refractivity (Wildman–Crippen MR) is 56.2 cm³/mol. The molecule has 82 valence electrons. The van der Waals surface area contributed by atoms with E-state index in [0.29, 0.717) is 11.1 Å². The third kappa shape index (κ3) is 3.67. The van der Waals surface area contributed by atoms with Gasteiger partial charge in [-0.1, -0.05) is 18.2 Å². The molecule has 0 saturated heterocycles. The average molecular weight is 218 g/mol. The molecule has 0 fully saturated rings. The Morgan fingerprint density at radius 3 is 2.50 bits per heavy atom. The molecule has 0 amide bonds. The van der Waals surface area contributed by atoms with Crippen molar-refractivity contribution in [3.05, 3.63) is 47.5 Å². The number of carbonyl (C=O) groups excluding carboxylic acids is 2. The van der Waals surface area contributed by atoms with Crippen LogP contribution >= 0.6 is 0 Å². The van der Waals surface area contributed by atoms with Gasteiger partial charge in [0.2, 0.25) is 6.29 Å². The SMILES string of the molecule is [O]CC=CCOC(=O)c1ccc([C]=O)cc1. The maximum atomic E-state index is 11.4. The van der Waals surface area contributed by atoms with E-state index in [-0.39, 0.29) is 13.2 Å². The second-order valence-electron chi connectivity index (χ2n) is 2.92. The fourth-order valence-electron chi connectivity index (χ4n) is 1.02. The third-order valence-corrected chi connectivity index (χ3v) is 1.81. The van der Waals surface area contributed by atoms with Gasteiger partial charge in [0, 0.05) is 5.56 Å². The van der Waals surface area contributed by atoms with Gasteiger partial charge in [0.05, 0.1) is 5.56 Å². The van der Waals surface area contributed by atoms with Gasteiger partial charge in [-0.05, 0) is 18.2 Å². The summed E-state index contributed by atoms with van der Waals surface area (Å²) in [5.74, 6) is -0.493. The fraction of sp³-hybridized carbons (Fsp3) is 0.167. The molecular formula is C12H10O4. The molecule has 0 unspecified atom stereocenters. The molecule has 0 spiro atoms. The number of benzene rings is 1. The van der Waals surface area contributed by atoms with Gasteiger partial charge in [0.1, 0.15) is 13.2 Å². The zero-order valence-corrected chi connectivity index (χ0v) is 8.51. The third-order valence-electron chi connectivity index (χ3n) is 1.81. The first-order valence-electron chi connectivity index (χ1n) is 4.66. The fourth-order valence-corrected chi connectivity index (χ4v) is 1.02. The molecule has 1 aromatic carbocycles. The molecule has 0 aliphatic rings. The summed E-state index contributed by atoms with van der Waals surface area (Å²) in [7, 11) is 0. The van der Waals surface area contributed by atoms with E-state index in [1.54, 1.807) is 6.29 Å². The smallest absolute Gasteiger partial charge is 0.338 e. The van der Waals surface area contributed by atoms with Crippen LogP contribution in [0.3, 0.4) is 0 Å². The van der Waals surface area contributed by atoms with E-state index < -0.39 is 5.97 Å². The summed E-state index contributed by atoms with van der Waals surface area (Å²) in [6, 6.07) is 5.94. The van der Waals surface area contributed by atoms with Crippen LogP contribution in [0.2, 0.25) is 0 Å². The molecule has 0 saturated carbocycles. The summed E-state index contributed by atoms with van der Waals surface area (Å²) >= 11 is 0.